The van der Waals surface area contributed by atoms with Crippen molar-refractivity contribution in [3.63, 3.8) is 0 Å². The van der Waals surface area contributed by atoms with Crippen LogP contribution in [-0.4, -0.2) is 21.4 Å². The second-order valence-corrected chi connectivity index (χ2v) is 7.55. The van der Waals surface area contributed by atoms with Crippen LogP contribution in [0.15, 0.2) is 69.2 Å². The van der Waals surface area contributed by atoms with Gasteiger partial charge in [0.2, 0.25) is 5.91 Å². The van der Waals surface area contributed by atoms with Crippen LogP contribution in [0.2, 0.25) is 0 Å². The molecule has 0 N–H and O–H groups in total. The molecule has 0 saturated heterocycles. The van der Waals surface area contributed by atoms with E-state index < -0.39 is 11.7 Å². The van der Waals surface area contributed by atoms with Crippen molar-refractivity contribution in [3.8, 4) is 0 Å². The van der Waals surface area contributed by atoms with Gasteiger partial charge in [-0.05, 0) is 24.3 Å². The number of carbonyl (C=O) groups excluding carboxylic acids is 2. The van der Waals surface area contributed by atoms with E-state index in [1.54, 1.807) is 29.6 Å². The normalized spacial score (nSPS) is 10.9. The van der Waals surface area contributed by atoms with Gasteiger partial charge in [0.05, 0.1) is 23.3 Å². The Hall–Kier alpha value is -3.72. The van der Waals surface area contributed by atoms with Crippen molar-refractivity contribution in [2.24, 2.45) is 0 Å². The molecule has 0 spiro atoms. The van der Waals surface area contributed by atoms with Gasteiger partial charge < -0.3 is 9.15 Å². The average molecular weight is 437 g/mol. The lowest BCUT2D eigenvalue weighted by Crippen LogP contribution is -2.22. The summed E-state index contributed by atoms with van der Waals surface area (Å²) in [5, 5.41) is 2.25. The highest BCUT2D eigenvalue weighted by molar-refractivity contribution is 7.14. The van der Waals surface area contributed by atoms with Gasteiger partial charge >= 0.3 is 11.7 Å². The molecule has 2 heterocycles. The molecular formula is C22H19N3O5S. The molecule has 0 fully saturated rings. The van der Waals surface area contributed by atoms with Gasteiger partial charge in [0.1, 0.15) is 6.61 Å². The zero-order chi connectivity index (χ0) is 21.8. The Balaban J connectivity index is 1.37. The fourth-order valence-electron chi connectivity index (χ4n) is 3.12. The maximum Gasteiger partial charge on any atom is 0.419 e. The predicted octanol–water partition coefficient (Wildman–Crippen LogP) is 3.87. The van der Waals surface area contributed by atoms with E-state index in [0.29, 0.717) is 27.6 Å². The molecule has 0 radical (unpaired) electrons. The first-order chi connectivity index (χ1) is 15.0. The van der Waals surface area contributed by atoms with Crippen molar-refractivity contribution in [3.05, 3.63) is 76.2 Å². The zero-order valence-corrected chi connectivity index (χ0v) is 17.5. The van der Waals surface area contributed by atoms with Crippen LogP contribution in [-0.2, 0) is 27.5 Å². The van der Waals surface area contributed by atoms with Gasteiger partial charge in [-0.25, -0.2) is 9.78 Å². The number of oxazole rings is 1. The van der Waals surface area contributed by atoms with Crippen LogP contribution >= 0.6 is 11.3 Å². The Morgan fingerprint density at radius 3 is 2.65 bits per heavy atom. The van der Waals surface area contributed by atoms with Crippen LogP contribution in [0.3, 0.4) is 0 Å². The summed E-state index contributed by atoms with van der Waals surface area (Å²) < 4.78 is 11.9. The minimum Gasteiger partial charge on any atom is -0.459 e. The van der Waals surface area contributed by atoms with Crippen LogP contribution in [0.1, 0.15) is 19.0 Å². The molecule has 0 aliphatic rings. The second-order valence-electron chi connectivity index (χ2n) is 6.71. The number of aryl methyl sites for hydroxylation is 1. The van der Waals surface area contributed by atoms with E-state index in [9.17, 15) is 14.4 Å². The lowest BCUT2D eigenvalue weighted by molar-refractivity contribution is -0.145. The highest BCUT2D eigenvalue weighted by Crippen LogP contribution is 2.28. The third-order valence-electron chi connectivity index (χ3n) is 4.55. The number of para-hydroxylation sites is 3. The maximum absolute atomic E-state index is 12.2. The summed E-state index contributed by atoms with van der Waals surface area (Å²) in [5.41, 5.74) is 2.37. The fraction of sp³-hybridized carbons (Fsp3) is 0.182. The Kier molecular flexibility index (Phi) is 5.94. The molecule has 1 amide bonds. The van der Waals surface area contributed by atoms with Gasteiger partial charge in [0.25, 0.3) is 0 Å². The number of thiazole rings is 1. The van der Waals surface area contributed by atoms with E-state index >= 15 is 0 Å². The number of hydrogen-bond donors (Lipinski definition) is 0. The summed E-state index contributed by atoms with van der Waals surface area (Å²) in [6.07, 6.45) is 0.0179. The van der Waals surface area contributed by atoms with Crippen molar-refractivity contribution >= 4 is 45.1 Å². The number of fused-ring (bicyclic) bond motifs is 1. The molecule has 4 rings (SSSR count). The van der Waals surface area contributed by atoms with Gasteiger partial charge in [-0.15, -0.1) is 11.3 Å². The highest BCUT2D eigenvalue weighted by atomic mass is 32.1. The van der Waals surface area contributed by atoms with E-state index in [4.69, 9.17) is 9.15 Å². The molecule has 0 aliphatic heterocycles. The van der Waals surface area contributed by atoms with Gasteiger partial charge in [-0.2, -0.15) is 0 Å². The van der Waals surface area contributed by atoms with Gasteiger partial charge in [0, 0.05) is 18.8 Å². The zero-order valence-electron chi connectivity index (χ0n) is 16.7. The van der Waals surface area contributed by atoms with Crippen molar-refractivity contribution in [2.75, 3.05) is 4.90 Å². The summed E-state index contributed by atoms with van der Waals surface area (Å²) in [5.74, 6) is -1.14. The van der Waals surface area contributed by atoms with Crippen LogP contribution in [0.5, 0.6) is 0 Å². The van der Waals surface area contributed by atoms with Crippen molar-refractivity contribution in [1.29, 1.82) is 0 Å². The van der Waals surface area contributed by atoms with Crippen molar-refractivity contribution < 1.29 is 18.7 Å². The number of carbonyl (C=O) groups is 2. The number of esters is 1. The summed E-state index contributed by atoms with van der Waals surface area (Å²) in [7, 11) is 0. The number of amides is 1. The van der Waals surface area contributed by atoms with Crippen LogP contribution < -0.4 is 10.7 Å². The number of nitrogens with zero attached hydrogens (tertiary/aromatic N) is 3. The summed E-state index contributed by atoms with van der Waals surface area (Å²) in [4.78, 5) is 42.2. The van der Waals surface area contributed by atoms with Crippen molar-refractivity contribution in [2.45, 2.75) is 26.5 Å². The fourth-order valence-corrected chi connectivity index (χ4v) is 4.00. The van der Waals surface area contributed by atoms with Crippen LogP contribution in [0.4, 0.5) is 10.8 Å². The molecule has 158 valence electrons. The monoisotopic (exact) mass is 437 g/mol. The largest absolute Gasteiger partial charge is 0.459 e. The number of ether oxygens (including phenoxy) is 1. The molecule has 9 heteroatoms. The Morgan fingerprint density at radius 1 is 1.13 bits per heavy atom. The lowest BCUT2D eigenvalue weighted by Gasteiger charge is -2.17. The SMILES string of the molecule is CC(=O)N(c1ccccc1)c1nc(COC(=O)CCn2c(=O)oc3ccccc32)cs1. The van der Waals surface area contributed by atoms with E-state index in [1.807, 2.05) is 30.3 Å². The highest BCUT2D eigenvalue weighted by Gasteiger charge is 2.18. The van der Waals surface area contributed by atoms with Gasteiger partial charge in [-0.3, -0.25) is 19.1 Å². The molecule has 0 bridgehead atoms. The number of benzene rings is 2. The summed E-state index contributed by atoms with van der Waals surface area (Å²) >= 11 is 1.29. The summed E-state index contributed by atoms with van der Waals surface area (Å²) in [6.45, 7) is 1.61. The first kappa shape index (κ1) is 20.5. The second kappa shape index (κ2) is 8.97. The number of hydrogen-bond acceptors (Lipinski definition) is 7. The number of aromatic nitrogens is 2. The van der Waals surface area contributed by atoms with E-state index in [1.165, 1.54) is 27.7 Å². The minimum absolute atomic E-state index is 0.0170. The molecule has 0 saturated carbocycles. The quantitative estimate of drug-likeness (QED) is 0.408. The number of rotatable bonds is 7. The number of anilines is 2. The molecule has 0 aliphatic carbocycles. The van der Waals surface area contributed by atoms with Crippen LogP contribution in [0.25, 0.3) is 11.1 Å². The molecule has 2 aromatic carbocycles. The molecule has 4 aromatic rings. The Labute approximate surface area is 181 Å². The molecule has 0 atom stereocenters. The third-order valence-corrected chi connectivity index (χ3v) is 5.43. The van der Waals surface area contributed by atoms with E-state index in [2.05, 4.69) is 4.98 Å². The van der Waals surface area contributed by atoms with Gasteiger partial charge in [-0.1, -0.05) is 30.3 Å². The molecule has 2 aromatic heterocycles. The average Bonchev–Trinajstić information content (AvgIpc) is 3.35. The standard InChI is InChI=1S/C22H19N3O5S/c1-15(26)25(17-7-3-2-4-8-17)21-23-16(14-31-21)13-29-20(27)11-12-24-18-9-5-6-10-19(18)30-22(24)28/h2-10,14H,11-13H2,1H3. The van der Waals surface area contributed by atoms with Gasteiger partial charge in [0.15, 0.2) is 10.7 Å². The predicted molar refractivity (Wildman–Crippen MR) is 116 cm³/mol. The Bertz CT molecular complexity index is 1280. The first-order valence-electron chi connectivity index (χ1n) is 9.57. The molecular weight excluding hydrogens is 418 g/mol. The van der Waals surface area contributed by atoms with Crippen LogP contribution in [0, 0.1) is 0 Å². The Morgan fingerprint density at radius 2 is 1.87 bits per heavy atom. The summed E-state index contributed by atoms with van der Waals surface area (Å²) in [6, 6.07) is 16.2. The van der Waals surface area contributed by atoms with E-state index in [0.717, 1.165) is 0 Å². The third kappa shape index (κ3) is 4.56. The molecule has 0 unspecified atom stereocenters. The van der Waals surface area contributed by atoms with Crippen molar-refractivity contribution in [1.82, 2.24) is 9.55 Å². The maximum atomic E-state index is 12.2. The molecule has 31 heavy (non-hydrogen) atoms. The minimum atomic E-state index is -0.511. The van der Waals surface area contributed by atoms with E-state index in [-0.39, 0.29) is 25.5 Å². The first-order valence-corrected chi connectivity index (χ1v) is 10.4. The topological polar surface area (TPSA) is 94.6 Å². The molecule has 8 nitrogen and oxygen atoms in total. The smallest absolute Gasteiger partial charge is 0.419 e. The lowest BCUT2D eigenvalue weighted by atomic mass is 10.3.